The van der Waals surface area contributed by atoms with Gasteiger partial charge in [0.2, 0.25) is 5.91 Å². The first-order valence-electron chi connectivity index (χ1n) is 14.8. The van der Waals surface area contributed by atoms with Gasteiger partial charge in [-0.1, -0.05) is 32.8 Å². The summed E-state index contributed by atoms with van der Waals surface area (Å²) in [6.07, 6.45) is 6.75. The summed E-state index contributed by atoms with van der Waals surface area (Å²) in [4.78, 5) is 47.6. The fourth-order valence-electron chi connectivity index (χ4n) is 6.27. The quantitative estimate of drug-likeness (QED) is 0.398. The number of aromatic amines is 1. The summed E-state index contributed by atoms with van der Waals surface area (Å²) in [5.74, 6) is 1.16. The highest BCUT2D eigenvalue weighted by molar-refractivity contribution is 6.06. The summed E-state index contributed by atoms with van der Waals surface area (Å²) < 4.78 is 6.11. The van der Waals surface area contributed by atoms with E-state index < -0.39 is 6.04 Å². The zero-order valence-electron chi connectivity index (χ0n) is 24.7. The van der Waals surface area contributed by atoms with Crippen LogP contribution in [-0.4, -0.2) is 67.3 Å². The van der Waals surface area contributed by atoms with Gasteiger partial charge >= 0.3 is 0 Å². The van der Waals surface area contributed by atoms with Crippen molar-refractivity contribution >= 4 is 23.3 Å². The van der Waals surface area contributed by atoms with Crippen LogP contribution < -0.4 is 15.0 Å². The molecule has 1 saturated carbocycles. The number of nitrogens with zero attached hydrogens (tertiary/aromatic N) is 2. The van der Waals surface area contributed by atoms with Gasteiger partial charge in [-0.15, -0.1) is 0 Å². The second kappa shape index (κ2) is 11.4. The fourth-order valence-corrected chi connectivity index (χ4v) is 6.27. The molecule has 1 aromatic carbocycles. The third-order valence-corrected chi connectivity index (χ3v) is 8.55. The van der Waals surface area contributed by atoms with Crippen molar-refractivity contribution in [2.75, 3.05) is 38.7 Å². The predicted octanol–water partition coefficient (Wildman–Crippen LogP) is 4.69. The van der Waals surface area contributed by atoms with E-state index in [4.69, 9.17) is 4.74 Å². The SMILES string of the molecule is Cc1c(C(=O)NC(CCC2CC2)C(=O)N2CCc3c(OCCCN(C)C)cccc32)[nH]c2c1C(=O)CC(C)(C)C2. The zero-order chi connectivity index (χ0) is 28.6. The Morgan fingerprint density at radius 1 is 1.23 bits per heavy atom. The highest BCUT2D eigenvalue weighted by atomic mass is 16.5. The van der Waals surface area contributed by atoms with Gasteiger partial charge in [0.1, 0.15) is 17.5 Å². The van der Waals surface area contributed by atoms with Crippen molar-refractivity contribution < 1.29 is 19.1 Å². The van der Waals surface area contributed by atoms with Gasteiger partial charge < -0.3 is 24.8 Å². The number of aromatic nitrogens is 1. The maximum atomic E-state index is 14.0. The van der Waals surface area contributed by atoms with E-state index in [0.29, 0.717) is 48.7 Å². The molecule has 1 unspecified atom stereocenters. The minimum Gasteiger partial charge on any atom is -0.493 e. The number of benzene rings is 1. The smallest absolute Gasteiger partial charge is 0.268 e. The zero-order valence-corrected chi connectivity index (χ0v) is 24.7. The van der Waals surface area contributed by atoms with Crippen molar-refractivity contribution in [3.05, 3.63) is 46.3 Å². The molecule has 2 N–H and O–H groups in total. The van der Waals surface area contributed by atoms with Crippen LogP contribution in [0.3, 0.4) is 0 Å². The van der Waals surface area contributed by atoms with E-state index in [-0.39, 0.29) is 23.0 Å². The number of anilines is 1. The third kappa shape index (κ3) is 6.12. The normalized spacial score (nSPS) is 18.4. The maximum Gasteiger partial charge on any atom is 0.268 e. The van der Waals surface area contributed by atoms with Crippen molar-refractivity contribution in [3.63, 3.8) is 0 Å². The lowest BCUT2D eigenvalue weighted by Crippen LogP contribution is -2.48. The van der Waals surface area contributed by atoms with Crippen LogP contribution in [0, 0.1) is 18.3 Å². The number of carbonyl (C=O) groups is 3. The third-order valence-electron chi connectivity index (χ3n) is 8.55. The molecule has 1 fully saturated rings. The standard InChI is InChI=1S/C32H44N4O4/c1-20-28-24(18-32(2,3)19-26(28)37)33-29(20)30(38)34-23(13-12-21-10-11-21)31(39)36-16-14-22-25(36)8-6-9-27(22)40-17-7-15-35(4)5/h6,8-9,21,23,33H,7,10-19H2,1-5H3,(H,34,38). The van der Waals surface area contributed by atoms with E-state index in [1.54, 1.807) is 0 Å². The van der Waals surface area contributed by atoms with Gasteiger partial charge in [0.25, 0.3) is 5.91 Å². The van der Waals surface area contributed by atoms with Crippen molar-refractivity contribution in [2.24, 2.45) is 11.3 Å². The first-order chi connectivity index (χ1) is 19.0. The minimum absolute atomic E-state index is 0.0776. The molecule has 0 radical (unpaired) electrons. The Bertz CT molecular complexity index is 1290. The van der Waals surface area contributed by atoms with Crippen molar-refractivity contribution in [1.82, 2.24) is 15.2 Å². The van der Waals surface area contributed by atoms with Crippen LogP contribution in [0.5, 0.6) is 5.75 Å². The number of rotatable bonds is 11. The Morgan fingerprint density at radius 3 is 2.73 bits per heavy atom. The second-order valence-corrected chi connectivity index (χ2v) is 13.0. The molecule has 0 bridgehead atoms. The van der Waals surface area contributed by atoms with Gasteiger partial charge in [0, 0.05) is 36.3 Å². The number of carbonyl (C=O) groups excluding carboxylic acids is 3. The van der Waals surface area contributed by atoms with Crippen molar-refractivity contribution in [2.45, 2.75) is 78.2 Å². The van der Waals surface area contributed by atoms with Crippen LogP contribution >= 0.6 is 0 Å². The molecule has 0 spiro atoms. The van der Waals surface area contributed by atoms with Crippen molar-refractivity contribution in [1.29, 1.82) is 0 Å². The van der Waals surface area contributed by atoms with Crippen LogP contribution in [0.4, 0.5) is 5.69 Å². The molecule has 2 aliphatic carbocycles. The van der Waals surface area contributed by atoms with E-state index in [1.807, 2.05) is 44.1 Å². The second-order valence-electron chi connectivity index (χ2n) is 13.0. The molecule has 3 aliphatic rings. The number of hydrogen-bond acceptors (Lipinski definition) is 5. The van der Waals surface area contributed by atoms with Crippen molar-refractivity contribution in [3.8, 4) is 5.75 Å². The molecule has 40 heavy (non-hydrogen) atoms. The molecule has 2 aromatic rings. The van der Waals surface area contributed by atoms with E-state index in [1.165, 1.54) is 12.8 Å². The molecule has 8 nitrogen and oxygen atoms in total. The van der Waals surface area contributed by atoms with Gasteiger partial charge in [0.05, 0.1) is 12.3 Å². The number of Topliss-reactive ketones (excluding diaryl/α,β-unsaturated/α-hetero) is 1. The highest BCUT2D eigenvalue weighted by Gasteiger charge is 2.37. The molecular weight excluding hydrogens is 504 g/mol. The summed E-state index contributed by atoms with van der Waals surface area (Å²) in [5, 5.41) is 3.07. The summed E-state index contributed by atoms with van der Waals surface area (Å²) in [7, 11) is 4.10. The first kappa shape index (κ1) is 28.4. The monoisotopic (exact) mass is 548 g/mol. The number of nitrogens with one attached hydrogen (secondary N) is 2. The van der Waals surface area contributed by atoms with Crippen LogP contribution in [0.25, 0.3) is 0 Å². The van der Waals surface area contributed by atoms with Crippen LogP contribution in [-0.2, 0) is 17.6 Å². The summed E-state index contributed by atoms with van der Waals surface area (Å²) >= 11 is 0. The fraction of sp³-hybridized carbons (Fsp3) is 0.594. The lowest BCUT2D eigenvalue weighted by atomic mass is 9.75. The largest absolute Gasteiger partial charge is 0.493 e. The molecule has 1 aromatic heterocycles. The molecule has 5 rings (SSSR count). The van der Waals surface area contributed by atoms with Crippen LogP contribution in [0.2, 0.25) is 0 Å². The lowest BCUT2D eigenvalue weighted by molar-refractivity contribution is -0.120. The summed E-state index contributed by atoms with van der Waals surface area (Å²) in [6, 6.07) is 5.26. The van der Waals surface area contributed by atoms with Crippen LogP contribution in [0.15, 0.2) is 18.2 Å². The molecule has 2 heterocycles. The van der Waals surface area contributed by atoms with Gasteiger partial charge in [-0.2, -0.15) is 0 Å². The average molecular weight is 549 g/mol. The topological polar surface area (TPSA) is 94.7 Å². The number of ketones is 1. The molecule has 1 atom stereocenters. The Kier molecular flexibility index (Phi) is 8.09. The predicted molar refractivity (Wildman–Crippen MR) is 156 cm³/mol. The van der Waals surface area contributed by atoms with E-state index in [0.717, 1.165) is 54.9 Å². The van der Waals surface area contributed by atoms with Gasteiger partial charge in [-0.05, 0) is 82.2 Å². The van der Waals surface area contributed by atoms with Gasteiger partial charge in [-0.25, -0.2) is 0 Å². The Balaban J connectivity index is 1.33. The Hall–Kier alpha value is -3.13. The number of ether oxygens (including phenoxy) is 1. The first-order valence-corrected chi connectivity index (χ1v) is 14.8. The number of fused-ring (bicyclic) bond motifs is 2. The van der Waals surface area contributed by atoms with E-state index in [2.05, 4.69) is 29.0 Å². The summed E-state index contributed by atoms with van der Waals surface area (Å²) in [5.41, 5.74) is 4.35. The van der Waals surface area contributed by atoms with E-state index in [9.17, 15) is 14.4 Å². The van der Waals surface area contributed by atoms with Crippen LogP contribution in [0.1, 0.15) is 90.0 Å². The molecule has 1 aliphatic heterocycles. The minimum atomic E-state index is -0.629. The number of amides is 2. The molecule has 216 valence electrons. The molecule has 0 saturated heterocycles. The number of hydrogen-bond donors (Lipinski definition) is 2. The molecule has 2 amide bonds. The van der Waals surface area contributed by atoms with Gasteiger partial charge in [-0.3, -0.25) is 14.4 Å². The Morgan fingerprint density at radius 2 is 2.00 bits per heavy atom. The summed E-state index contributed by atoms with van der Waals surface area (Å²) in [6.45, 7) is 8.13. The maximum absolute atomic E-state index is 14.0. The van der Waals surface area contributed by atoms with Gasteiger partial charge in [0.15, 0.2) is 5.78 Å². The highest BCUT2D eigenvalue weighted by Crippen LogP contribution is 2.38. The lowest BCUT2D eigenvalue weighted by Gasteiger charge is -2.28. The Labute approximate surface area is 237 Å². The molecular formula is C32H44N4O4. The average Bonchev–Trinajstić information content (AvgIpc) is 3.52. The molecule has 8 heteroatoms. The number of H-pyrrole nitrogens is 1. The van der Waals surface area contributed by atoms with E-state index >= 15 is 0 Å².